The van der Waals surface area contributed by atoms with Gasteiger partial charge in [0.15, 0.2) is 0 Å². The first-order valence-corrected chi connectivity index (χ1v) is 14.3. The Morgan fingerprint density at radius 3 is 2.26 bits per heavy atom. The highest BCUT2D eigenvalue weighted by Crippen LogP contribution is 2.33. The van der Waals surface area contributed by atoms with E-state index in [1.807, 2.05) is 47.5 Å². The van der Waals surface area contributed by atoms with Crippen LogP contribution in [0.5, 0.6) is 0 Å². The number of aromatic amines is 1. The Morgan fingerprint density at radius 1 is 0.872 bits per heavy atom. The van der Waals surface area contributed by atoms with Crippen molar-refractivity contribution >= 4 is 11.9 Å². The van der Waals surface area contributed by atoms with Crippen LogP contribution >= 0.6 is 0 Å². The standard InChI is InChI=1S/C31H37N5O3/c37-29-27(14-13-25(23-7-3-1-4-8-23)20-35(29)19-22-11-12-22)32-30(38)34-17-15-26(16-18-34)36-21-28(33-31(36)39)24-9-5-2-6-10-24/h1-10,21-22,25-27H,11-20H2,(H,32,38)(H,33,39)/t25-,27-/m1/s1. The third kappa shape index (κ3) is 5.79. The van der Waals surface area contributed by atoms with E-state index in [2.05, 4.69) is 34.6 Å². The summed E-state index contributed by atoms with van der Waals surface area (Å²) in [6.45, 7) is 2.60. The van der Waals surface area contributed by atoms with Gasteiger partial charge in [0.2, 0.25) is 5.91 Å². The molecule has 2 aliphatic heterocycles. The molecule has 1 aromatic heterocycles. The van der Waals surface area contributed by atoms with Crippen LogP contribution in [0.2, 0.25) is 0 Å². The van der Waals surface area contributed by atoms with Crippen LogP contribution in [-0.4, -0.2) is 63.5 Å². The fourth-order valence-electron chi connectivity index (χ4n) is 6.10. The molecule has 0 bridgehead atoms. The fourth-order valence-corrected chi connectivity index (χ4v) is 6.10. The zero-order valence-corrected chi connectivity index (χ0v) is 22.3. The number of benzene rings is 2. The van der Waals surface area contributed by atoms with Crippen LogP contribution in [-0.2, 0) is 4.79 Å². The molecule has 39 heavy (non-hydrogen) atoms. The van der Waals surface area contributed by atoms with Crippen LogP contribution in [0.3, 0.4) is 0 Å². The van der Waals surface area contributed by atoms with E-state index in [-0.39, 0.29) is 29.6 Å². The summed E-state index contributed by atoms with van der Waals surface area (Å²) in [6.07, 6.45) is 7.15. The topological polar surface area (TPSA) is 90.4 Å². The first kappa shape index (κ1) is 25.5. The highest BCUT2D eigenvalue weighted by molar-refractivity contribution is 5.87. The molecule has 2 aromatic carbocycles. The van der Waals surface area contributed by atoms with Crippen molar-refractivity contribution in [3.05, 3.63) is 82.9 Å². The lowest BCUT2D eigenvalue weighted by Gasteiger charge is -2.33. The first-order valence-electron chi connectivity index (χ1n) is 14.3. The molecule has 2 N–H and O–H groups in total. The lowest BCUT2D eigenvalue weighted by molar-refractivity contribution is -0.133. The number of carbonyl (C=O) groups excluding carboxylic acids is 2. The number of likely N-dealkylation sites (tertiary alicyclic amines) is 2. The molecular weight excluding hydrogens is 490 g/mol. The van der Waals surface area contributed by atoms with Gasteiger partial charge in [-0.25, -0.2) is 9.59 Å². The number of H-pyrrole nitrogens is 1. The maximum Gasteiger partial charge on any atom is 0.326 e. The number of nitrogens with one attached hydrogen (secondary N) is 2. The molecular formula is C31H37N5O3. The minimum absolute atomic E-state index is 0.0374. The van der Waals surface area contributed by atoms with E-state index in [0.29, 0.717) is 44.8 Å². The van der Waals surface area contributed by atoms with E-state index in [4.69, 9.17) is 0 Å². The maximum atomic E-state index is 13.5. The molecule has 3 aliphatic rings. The first-order chi connectivity index (χ1) is 19.0. The second-order valence-electron chi connectivity index (χ2n) is 11.3. The zero-order valence-electron chi connectivity index (χ0n) is 22.3. The normalized spacial score (nSPS) is 22.5. The van der Waals surface area contributed by atoms with Gasteiger partial charge in [0.1, 0.15) is 6.04 Å². The smallest absolute Gasteiger partial charge is 0.326 e. The highest BCUT2D eigenvalue weighted by atomic mass is 16.2. The van der Waals surface area contributed by atoms with Crippen molar-refractivity contribution in [3.63, 3.8) is 0 Å². The number of hydrogen-bond acceptors (Lipinski definition) is 3. The molecule has 2 saturated heterocycles. The molecule has 3 heterocycles. The number of hydrogen-bond donors (Lipinski definition) is 2. The van der Waals surface area contributed by atoms with E-state index in [9.17, 15) is 14.4 Å². The van der Waals surface area contributed by atoms with E-state index < -0.39 is 6.04 Å². The number of rotatable bonds is 6. The predicted molar refractivity (Wildman–Crippen MR) is 150 cm³/mol. The van der Waals surface area contributed by atoms with Crippen LogP contribution < -0.4 is 11.0 Å². The Morgan fingerprint density at radius 2 is 1.56 bits per heavy atom. The van der Waals surface area contributed by atoms with Crippen molar-refractivity contribution in [1.82, 2.24) is 24.7 Å². The number of aromatic nitrogens is 2. The third-order valence-corrected chi connectivity index (χ3v) is 8.57. The molecule has 1 saturated carbocycles. The number of piperidine rings is 1. The van der Waals surface area contributed by atoms with Crippen molar-refractivity contribution in [2.75, 3.05) is 26.2 Å². The summed E-state index contributed by atoms with van der Waals surface area (Å²) < 4.78 is 1.77. The van der Waals surface area contributed by atoms with Gasteiger partial charge in [-0.3, -0.25) is 9.36 Å². The number of carbonyl (C=O) groups is 2. The summed E-state index contributed by atoms with van der Waals surface area (Å²) in [5, 5.41) is 3.09. The van der Waals surface area contributed by atoms with Gasteiger partial charge in [-0.15, -0.1) is 0 Å². The molecule has 8 nitrogen and oxygen atoms in total. The van der Waals surface area contributed by atoms with E-state index in [1.54, 1.807) is 9.47 Å². The highest BCUT2D eigenvalue weighted by Gasteiger charge is 2.36. The summed E-state index contributed by atoms with van der Waals surface area (Å²) in [5.41, 5.74) is 2.92. The van der Waals surface area contributed by atoms with Gasteiger partial charge in [0.05, 0.1) is 5.69 Å². The summed E-state index contributed by atoms with van der Waals surface area (Å²) in [6, 6.07) is 19.6. The number of imidazole rings is 1. The monoisotopic (exact) mass is 527 g/mol. The number of amides is 3. The Labute approximate surface area is 229 Å². The van der Waals surface area contributed by atoms with Gasteiger partial charge in [-0.2, -0.15) is 0 Å². The summed E-state index contributed by atoms with van der Waals surface area (Å²) in [7, 11) is 0. The van der Waals surface area contributed by atoms with Crippen LogP contribution in [0.1, 0.15) is 56.0 Å². The summed E-state index contributed by atoms with van der Waals surface area (Å²) >= 11 is 0. The Bertz CT molecular complexity index is 1340. The van der Waals surface area contributed by atoms with Crippen LogP contribution in [0.15, 0.2) is 71.7 Å². The zero-order chi connectivity index (χ0) is 26.8. The van der Waals surface area contributed by atoms with Crippen molar-refractivity contribution in [3.8, 4) is 11.3 Å². The van der Waals surface area contributed by atoms with Gasteiger partial charge in [0.25, 0.3) is 0 Å². The second-order valence-corrected chi connectivity index (χ2v) is 11.3. The summed E-state index contributed by atoms with van der Waals surface area (Å²) in [5.74, 6) is 0.931. The third-order valence-electron chi connectivity index (χ3n) is 8.57. The van der Waals surface area contributed by atoms with Crippen molar-refractivity contribution in [2.45, 2.75) is 56.5 Å². The maximum absolute atomic E-state index is 13.5. The second kappa shape index (κ2) is 11.1. The van der Waals surface area contributed by atoms with Crippen molar-refractivity contribution in [2.24, 2.45) is 5.92 Å². The van der Waals surface area contributed by atoms with Crippen molar-refractivity contribution in [1.29, 1.82) is 0 Å². The van der Waals surface area contributed by atoms with Crippen LogP contribution in [0.4, 0.5) is 4.79 Å². The SMILES string of the molecule is O=C(N[C@@H]1CC[C@@H](c2ccccc2)CN(CC2CC2)C1=O)N1CCC(n2cc(-c3ccccc3)[nH]c2=O)CC1. The fraction of sp³-hybridized carbons (Fsp3) is 0.452. The molecule has 8 heteroatoms. The molecule has 2 atom stereocenters. The van der Waals surface area contributed by atoms with Crippen LogP contribution in [0, 0.1) is 5.92 Å². The number of urea groups is 1. The largest absolute Gasteiger partial charge is 0.340 e. The van der Waals surface area contributed by atoms with Gasteiger partial charge >= 0.3 is 11.7 Å². The lowest BCUT2D eigenvalue weighted by Crippen LogP contribution is -2.53. The van der Waals surface area contributed by atoms with Crippen molar-refractivity contribution < 1.29 is 9.59 Å². The van der Waals surface area contributed by atoms with Gasteiger partial charge in [-0.1, -0.05) is 60.7 Å². The minimum atomic E-state index is -0.497. The molecule has 6 rings (SSSR count). The Hall–Kier alpha value is -3.81. The average Bonchev–Trinajstić information content (AvgIpc) is 3.74. The molecule has 0 unspecified atom stereocenters. The predicted octanol–water partition coefficient (Wildman–Crippen LogP) is 4.37. The molecule has 3 aromatic rings. The van der Waals surface area contributed by atoms with Gasteiger partial charge < -0.3 is 20.1 Å². The Kier molecular flexibility index (Phi) is 7.26. The molecule has 3 fully saturated rings. The Balaban J connectivity index is 1.08. The van der Waals surface area contributed by atoms with E-state index >= 15 is 0 Å². The molecule has 0 spiro atoms. The molecule has 1 aliphatic carbocycles. The quantitative estimate of drug-likeness (QED) is 0.499. The molecule has 3 amide bonds. The van der Waals surface area contributed by atoms with Gasteiger partial charge in [-0.05, 0) is 55.6 Å². The lowest BCUT2D eigenvalue weighted by atomic mass is 9.93. The van der Waals surface area contributed by atoms with E-state index in [0.717, 1.165) is 24.2 Å². The van der Waals surface area contributed by atoms with Crippen LogP contribution in [0.25, 0.3) is 11.3 Å². The summed E-state index contributed by atoms with van der Waals surface area (Å²) in [4.78, 5) is 46.3. The number of nitrogens with zero attached hydrogens (tertiary/aromatic N) is 3. The molecule has 0 radical (unpaired) electrons. The minimum Gasteiger partial charge on any atom is -0.340 e. The molecule has 204 valence electrons. The van der Waals surface area contributed by atoms with Gasteiger partial charge in [0, 0.05) is 44.3 Å². The average molecular weight is 528 g/mol. The van der Waals surface area contributed by atoms with E-state index in [1.165, 1.54) is 18.4 Å².